The molecule has 2 rings (SSSR count). The number of hydrogen-bond acceptors (Lipinski definition) is 4. The molecule has 86 valence electrons. The molecule has 1 aliphatic carbocycles. The number of aromatic amines is 1. The molecule has 5 heteroatoms. The van der Waals surface area contributed by atoms with Crippen LogP contribution in [-0.2, 0) is 11.2 Å². The summed E-state index contributed by atoms with van der Waals surface area (Å²) >= 11 is 0. The second-order valence-corrected chi connectivity index (χ2v) is 3.87. The van der Waals surface area contributed by atoms with Crippen LogP contribution < -0.4 is 0 Å². The topological polar surface area (TPSA) is 74.7 Å². The van der Waals surface area contributed by atoms with Gasteiger partial charge in [0.1, 0.15) is 11.4 Å². The van der Waals surface area contributed by atoms with Crippen molar-refractivity contribution in [2.24, 2.45) is 5.16 Å². The number of oxime groups is 1. The van der Waals surface area contributed by atoms with E-state index in [1.54, 1.807) is 0 Å². The summed E-state index contributed by atoms with van der Waals surface area (Å²) < 4.78 is 4.69. The van der Waals surface area contributed by atoms with Gasteiger partial charge in [0.05, 0.1) is 12.8 Å². The van der Waals surface area contributed by atoms with Crippen molar-refractivity contribution >= 4 is 11.7 Å². The summed E-state index contributed by atoms with van der Waals surface area (Å²) in [7, 11) is 1.35. The monoisotopic (exact) mass is 222 g/mol. The number of H-pyrrole nitrogens is 1. The van der Waals surface area contributed by atoms with Crippen LogP contribution in [0.15, 0.2) is 5.16 Å². The van der Waals surface area contributed by atoms with Gasteiger partial charge in [-0.05, 0) is 37.3 Å². The second-order valence-electron chi connectivity index (χ2n) is 3.87. The number of aromatic nitrogens is 1. The third-order valence-electron chi connectivity index (χ3n) is 3.02. The largest absolute Gasteiger partial charge is 0.464 e. The van der Waals surface area contributed by atoms with Crippen LogP contribution in [0.3, 0.4) is 0 Å². The fourth-order valence-electron chi connectivity index (χ4n) is 2.16. The Labute approximate surface area is 93.1 Å². The van der Waals surface area contributed by atoms with Crippen LogP contribution in [0.1, 0.15) is 40.2 Å². The lowest BCUT2D eigenvalue weighted by Gasteiger charge is -2.12. The van der Waals surface area contributed by atoms with Crippen LogP contribution >= 0.6 is 0 Å². The van der Waals surface area contributed by atoms with Crippen molar-refractivity contribution in [1.82, 2.24) is 4.98 Å². The molecular formula is C11H14N2O3. The van der Waals surface area contributed by atoms with Gasteiger partial charge in [-0.25, -0.2) is 4.79 Å². The molecule has 0 fully saturated rings. The highest BCUT2D eigenvalue weighted by Crippen LogP contribution is 2.27. The standard InChI is InChI=1S/C11H14N2O3/c1-6-7-4-3-5-8(13-15)10(7)12-9(6)11(14)16-2/h12,15H,3-5H2,1-2H3/b13-8+. The van der Waals surface area contributed by atoms with Crippen LogP contribution in [0.25, 0.3) is 0 Å². The summed E-state index contributed by atoms with van der Waals surface area (Å²) in [5.74, 6) is -0.385. The smallest absolute Gasteiger partial charge is 0.354 e. The minimum absolute atomic E-state index is 0.385. The van der Waals surface area contributed by atoms with Gasteiger partial charge in [0.15, 0.2) is 0 Å². The van der Waals surface area contributed by atoms with Gasteiger partial charge in [-0.15, -0.1) is 0 Å². The lowest BCUT2D eigenvalue weighted by atomic mass is 9.93. The van der Waals surface area contributed by atoms with Crippen LogP contribution in [0, 0.1) is 6.92 Å². The van der Waals surface area contributed by atoms with E-state index in [1.165, 1.54) is 7.11 Å². The summed E-state index contributed by atoms with van der Waals surface area (Å²) in [6, 6.07) is 0. The van der Waals surface area contributed by atoms with E-state index in [9.17, 15) is 4.79 Å². The lowest BCUT2D eigenvalue weighted by molar-refractivity contribution is 0.0594. The van der Waals surface area contributed by atoms with E-state index in [0.29, 0.717) is 11.4 Å². The fraction of sp³-hybridized carbons (Fsp3) is 0.455. The highest BCUT2D eigenvalue weighted by molar-refractivity contribution is 6.03. The van der Waals surface area contributed by atoms with Crippen molar-refractivity contribution in [1.29, 1.82) is 0 Å². The molecule has 16 heavy (non-hydrogen) atoms. The molecule has 0 bridgehead atoms. The second kappa shape index (κ2) is 4.00. The Morgan fingerprint density at radius 1 is 1.50 bits per heavy atom. The van der Waals surface area contributed by atoms with Crippen molar-refractivity contribution in [2.75, 3.05) is 7.11 Å². The highest BCUT2D eigenvalue weighted by Gasteiger charge is 2.25. The van der Waals surface area contributed by atoms with E-state index >= 15 is 0 Å². The van der Waals surface area contributed by atoms with E-state index in [1.807, 2.05) is 6.92 Å². The quantitative estimate of drug-likeness (QED) is 0.431. The third-order valence-corrected chi connectivity index (χ3v) is 3.02. The van der Waals surface area contributed by atoms with Crippen LogP contribution in [-0.4, -0.2) is 29.0 Å². The lowest BCUT2D eigenvalue weighted by Crippen LogP contribution is -2.11. The number of nitrogens with zero attached hydrogens (tertiary/aromatic N) is 1. The number of ether oxygens (including phenoxy) is 1. The molecule has 5 nitrogen and oxygen atoms in total. The van der Waals surface area contributed by atoms with Gasteiger partial charge >= 0.3 is 5.97 Å². The molecule has 0 atom stereocenters. The first-order chi connectivity index (χ1) is 7.69. The Morgan fingerprint density at radius 3 is 2.88 bits per heavy atom. The van der Waals surface area contributed by atoms with Crippen molar-refractivity contribution in [3.05, 3.63) is 22.5 Å². The van der Waals surface area contributed by atoms with Crippen LogP contribution in [0.2, 0.25) is 0 Å². The molecule has 1 aromatic heterocycles. The summed E-state index contributed by atoms with van der Waals surface area (Å²) in [6.07, 6.45) is 2.56. The predicted molar refractivity (Wildman–Crippen MR) is 58.1 cm³/mol. The first-order valence-corrected chi connectivity index (χ1v) is 5.20. The van der Waals surface area contributed by atoms with E-state index in [2.05, 4.69) is 10.1 Å². The van der Waals surface area contributed by atoms with Crippen LogP contribution in [0.5, 0.6) is 0 Å². The maximum Gasteiger partial charge on any atom is 0.354 e. The molecule has 1 aromatic rings. The summed E-state index contributed by atoms with van der Waals surface area (Å²) in [4.78, 5) is 14.5. The van der Waals surface area contributed by atoms with Gasteiger partial charge in [-0.2, -0.15) is 0 Å². The Balaban J connectivity index is 2.54. The van der Waals surface area contributed by atoms with Crippen molar-refractivity contribution in [3.8, 4) is 0 Å². The molecule has 0 aromatic carbocycles. The minimum Gasteiger partial charge on any atom is -0.464 e. The first-order valence-electron chi connectivity index (χ1n) is 5.20. The maximum atomic E-state index is 11.5. The van der Waals surface area contributed by atoms with E-state index < -0.39 is 0 Å². The third kappa shape index (κ3) is 1.48. The Bertz CT molecular complexity index is 460. The van der Waals surface area contributed by atoms with Gasteiger partial charge in [0.25, 0.3) is 0 Å². The number of carbonyl (C=O) groups is 1. The van der Waals surface area contributed by atoms with E-state index in [4.69, 9.17) is 9.94 Å². The van der Waals surface area contributed by atoms with Gasteiger partial charge in [-0.1, -0.05) is 5.16 Å². The van der Waals surface area contributed by atoms with E-state index in [0.717, 1.165) is 36.1 Å². The SMILES string of the molecule is COC(=O)c1[nH]c2c(c1C)CCC/C2=N\O. The average Bonchev–Trinajstić information content (AvgIpc) is 2.66. The average molecular weight is 222 g/mol. The fourth-order valence-corrected chi connectivity index (χ4v) is 2.16. The van der Waals surface area contributed by atoms with Crippen molar-refractivity contribution in [2.45, 2.75) is 26.2 Å². The van der Waals surface area contributed by atoms with Gasteiger partial charge < -0.3 is 14.9 Å². The van der Waals surface area contributed by atoms with Gasteiger partial charge in [0.2, 0.25) is 0 Å². The van der Waals surface area contributed by atoms with Crippen LogP contribution in [0.4, 0.5) is 0 Å². The zero-order valence-electron chi connectivity index (χ0n) is 9.33. The molecule has 0 aliphatic heterocycles. The number of fused-ring (bicyclic) bond motifs is 1. The molecule has 2 N–H and O–H groups in total. The molecule has 1 aliphatic rings. The molecule has 0 saturated heterocycles. The molecular weight excluding hydrogens is 208 g/mol. The van der Waals surface area contributed by atoms with Crippen molar-refractivity contribution in [3.63, 3.8) is 0 Å². The summed E-state index contributed by atoms with van der Waals surface area (Å²) in [5, 5.41) is 12.1. The molecule has 0 radical (unpaired) electrons. The summed E-state index contributed by atoms with van der Waals surface area (Å²) in [6.45, 7) is 1.88. The highest BCUT2D eigenvalue weighted by atomic mass is 16.5. The summed E-state index contributed by atoms with van der Waals surface area (Å²) in [5.41, 5.74) is 3.78. The van der Waals surface area contributed by atoms with Gasteiger partial charge in [-0.3, -0.25) is 0 Å². The Hall–Kier alpha value is -1.78. The molecule has 0 amide bonds. The normalized spacial score (nSPS) is 17.2. The zero-order chi connectivity index (χ0) is 11.7. The number of hydrogen-bond donors (Lipinski definition) is 2. The maximum absolute atomic E-state index is 11.5. The Morgan fingerprint density at radius 2 is 2.25 bits per heavy atom. The molecule has 0 unspecified atom stereocenters. The molecule has 0 spiro atoms. The molecule has 1 heterocycles. The molecule has 0 saturated carbocycles. The number of esters is 1. The van der Waals surface area contributed by atoms with Crippen molar-refractivity contribution < 1.29 is 14.7 Å². The zero-order valence-corrected chi connectivity index (χ0v) is 9.33. The van der Waals surface area contributed by atoms with E-state index in [-0.39, 0.29) is 5.97 Å². The Kier molecular flexibility index (Phi) is 2.68. The van der Waals surface area contributed by atoms with Gasteiger partial charge in [0, 0.05) is 0 Å². The number of carbonyl (C=O) groups excluding carboxylic acids is 1. The number of nitrogens with one attached hydrogen (secondary N) is 1. The first kappa shape index (κ1) is 10.7. The predicted octanol–water partition coefficient (Wildman–Crippen LogP) is 1.62. The number of rotatable bonds is 1. The number of methoxy groups -OCH3 is 1. The minimum atomic E-state index is -0.385.